The van der Waals surface area contributed by atoms with Crippen molar-refractivity contribution < 1.29 is 23.4 Å². The third kappa shape index (κ3) is 3.63. The molecule has 1 aliphatic heterocycles. The lowest BCUT2D eigenvalue weighted by atomic mass is 9.98. The van der Waals surface area contributed by atoms with Gasteiger partial charge in [0.1, 0.15) is 30.5 Å². The van der Waals surface area contributed by atoms with Gasteiger partial charge >= 0.3 is 0 Å². The van der Waals surface area contributed by atoms with Gasteiger partial charge in [0.25, 0.3) is 0 Å². The van der Waals surface area contributed by atoms with Gasteiger partial charge in [-0.15, -0.1) is 0 Å². The van der Waals surface area contributed by atoms with E-state index in [1.54, 1.807) is 13.2 Å². The van der Waals surface area contributed by atoms with Crippen LogP contribution in [-0.2, 0) is 4.74 Å². The van der Waals surface area contributed by atoms with Crippen molar-refractivity contribution in [3.8, 4) is 11.5 Å². The van der Waals surface area contributed by atoms with E-state index in [-0.39, 0.29) is 18.0 Å². The Balaban J connectivity index is 1.76. The number of rotatable bonds is 5. The molecule has 0 unspecified atom stereocenters. The van der Waals surface area contributed by atoms with Gasteiger partial charge in [0.15, 0.2) is 5.78 Å². The second-order valence-corrected chi connectivity index (χ2v) is 5.34. The minimum atomic E-state index is -0.454. The Labute approximate surface area is 139 Å². The first kappa shape index (κ1) is 16.2. The Morgan fingerprint density at radius 1 is 1.17 bits per heavy atom. The average molecular weight is 328 g/mol. The van der Waals surface area contributed by atoms with Crippen LogP contribution in [0.25, 0.3) is 6.08 Å². The third-order valence-electron chi connectivity index (χ3n) is 3.64. The second-order valence-electron chi connectivity index (χ2n) is 5.34. The summed E-state index contributed by atoms with van der Waals surface area (Å²) in [5.41, 5.74) is 1.59. The van der Waals surface area contributed by atoms with Crippen molar-refractivity contribution in [1.29, 1.82) is 0 Å². The molecular weight excluding hydrogens is 311 g/mol. The van der Waals surface area contributed by atoms with Crippen LogP contribution in [0.4, 0.5) is 4.39 Å². The maximum absolute atomic E-state index is 13.3. The normalized spacial score (nSPS) is 15.1. The molecule has 5 heteroatoms. The van der Waals surface area contributed by atoms with Gasteiger partial charge in [-0.1, -0.05) is 12.1 Å². The lowest BCUT2D eigenvalue weighted by Gasteiger charge is -2.18. The van der Waals surface area contributed by atoms with Crippen LogP contribution in [0.1, 0.15) is 15.9 Å². The molecule has 0 amide bonds. The fourth-order valence-corrected chi connectivity index (χ4v) is 2.41. The molecule has 124 valence electrons. The summed E-state index contributed by atoms with van der Waals surface area (Å²) in [6.45, 7) is 1.17. The Kier molecular flexibility index (Phi) is 4.91. The predicted molar refractivity (Wildman–Crippen MR) is 88.0 cm³/mol. The van der Waals surface area contributed by atoms with E-state index in [0.29, 0.717) is 24.5 Å². The summed E-state index contributed by atoms with van der Waals surface area (Å²) >= 11 is 0. The van der Waals surface area contributed by atoms with Crippen LogP contribution in [0.5, 0.6) is 11.5 Å². The van der Waals surface area contributed by atoms with Crippen LogP contribution in [0.15, 0.2) is 48.0 Å². The lowest BCUT2D eigenvalue weighted by Crippen LogP contribution is -2.19. The van der Waals surface area contributed by atoms with Gasteiger partial charge < -0.3 is 14.2 Å². The summed E-state index contributed by atoms with van der Waals surface area (Å²) in [6.07, 6.45) is 1.75. The maximum Gasteiger partial charge on any atom is 0.196 e. The predicted octanol–water partition coefficient (Wildman–Crippen LogP) is 3.51. The van der Waals surface area contributed by atoms with Gasteiger partial charge in [-0.25, -0.2) is 4.39 Å². The Bertz CT molecular complexity index is 765. The molecule has 4 nitrogen and oxygen atoms in total. The van der Waals surface area contributed by atoms with Crippen molar-refractivity contribution in [2.45, 2.75) is 0 Å². The van der Waals surface area contributed by atoms with Crippen molar-refractivity contribution in [3.63, 3.8) is 0 Å². The molecule has 0 bridgehead atoms. The quantitative estimate of drug-likeness (QED) is 0.622. The smallest absolute Gasteiger partial charge is 0.196 e. The molecule has 0 N–H and O–H groups in total. The van der Waals surface area contributed by atoms with Crippen molar-refractivity contribution in [1.82, 2.24) is 0 Å². The zero-order chi connectivity index (χ0) is 16.9. The zero-order valence-corrected chi connectivity index (χ0v) is 13.3. The molecule has 0 saturated heterocycles. The van der Waals surface area contributed by atoms with E-state index < -0.39 is 5.82 Å². The highest BCUT2D eigenvalue weighted by Crippen LogP contribution is 2.28. The molecule has 24 heavy (non-hydrogen) atoms. The van der Waals surface area contributed by atoms with Gasteiger partial charge in [0, 0.05) is 12.7 Å². The number of benzene rings is 2. The van der Waals surface area contributed by atoms with Gasteiger partial charge in [-0.2, -0.15) is 0 Å². The standard InChI is InChI=1S/C19H17FO4/c1-22-8-9-23-16-5-2-13(3-6-16)10-14-12-24-18-7-4-15(20)11-17(18)19(14)21/h2-7,10-11H,8-9,12H2,1H3. The highest BCUT2D eigenvalue weighted by Gasteiger charge is 2.23. The number of hydrogen-bond acceptors (Lipinski definition) is 4. The highest BCUT2D eigenvalue weighted by atomic mass is 19.1. The summed E-state index contributed by atoms with van der Waals surface area (Å²) in [6, 6.07) is 11.3. The molecule has 0 aliphatic carbocycles. The van der Waals surface area contributed by atoms with Gasteiger partial charge in [0.2, 0.25) is 0 Å². The molecule has 2 aromatic rings. The van der Waals surface area contributed by atoms with E-state index in [4.69, 9.17) is 14.2 Å². The summed E-state index contributed by atoms with van der Waals surface area (Å²) in [5, 5.41) is 0. The van der Waals surface area contributed by atoms with Gasteiger partial charge in [-0.3, -0.25) is 4.79 Å². The summed E-state index contributed by atoms with van der Waals surface area (Å²) in [5.74, 6) is 0.481. The molecule has 0 aromatic heterocycles. The molecule has 2 aromatic carbocycles. The van der Waals surface area contributed by atoms with Gasteiger partial charge in [0.05, 0.1) is 12.2 Å². The minimum Gasteiger partial charge on any atom is -0.491 e. The van der Waals surface area contributed by atoms with E-state index in [1.165, 1.54) is 18.2 Å². The molecule has 0 atom stereocenters. The van der Waals surface area contributed by atoms with E-state index >= 15 is 0 Å². The monoisotopic (exact) mass is 328 g/mol. The van der Waals surface area contributed by atoms with Crippen LogP contribution in [-0.4, -0.2) is 32.7 Å². The maximum atomic E-state index is 13.3. The topological polar surface area (TPSA) is 44.8 Å². The van der Waals surface area contributed by atoms with E-state index in [1.807, 2.05) is 24.3 Å². The second kappa shape index (κ2) is 7.27. The number of methoxy groups -OCH3 is 1. The van der Waals surface area contributed by atoms with Crippen molar-refractivity contribution in [3.05, 3.63) is 65.0 Å². The summed E-state index contributed by atoms with van der Waals surface area (Å²) in [7, 11) is 1.62. The SMILES string of the molecule is COCCOc1ccc(C=C2COc3ccc(F)cc3C2=O)cc1. The van der Waals surface area contributed by atoms with Crippen molar-refractivity contribution >= 4 is 11.9 Å². The van der Waals surface area contributed by atoms with Crippen LogP contribution in [0, 0.1) is 5.82 Å². The molecule has 0 fully saturated rings. The van der Waals surface area contributed by atoms with E-state index in [0.717, 1.165) is 11.3 Å². The average Bonchev–Trinajstić information content (AvgIpc) is 2.59. The highest BCUT2D eigenvalue weighted by molar-refractivity contribution is 6.14. The summed E-state index contributed by atoms with van der Waals surface area (Å²) in [4.78, 5) is 12.5. The zero-order valence-electron chi connectivity index (χ0n) is 13.3. The Morgan fingerprint density at radius 3 is 2.71 bits per heavy atom. The van der Waals surface area contributed by atoms with E-state index in [2.05, 4.69) is 0 Å². The number of hydrogen-bond donors (Lipinski definition) is 0. The van der Waals surface area contributed by atoms with E-state index in [9.17, 15) is 9.18 Å². The number of carbonyl (C=O) groups excluding carboxylic acids is 1. The molecule has 3 rings (SSSR count). The number of fused-ring (bicyclic) bond motifs is 1. The molecule has 0 saturated carbocycles. The number of halogens is 1. The first-order chi connectivity index (χ1) is 11.7. The molecule has 0 spiro atoms. The summed E-state index contributed by atoms with van der Waals surface area (Å²) < 4.78 is 29.3. The third-order valence-corrected chi connectivity index (χ3v) is 3.64. The van der Waals surface area contributed by atoms with Crippen LogP contribution in [0.2, 0.25) is 0 Å². The van der Waals surface area contributed by atoms with Gasteiger partial charge in [-0.05, 0) is 42.0 Å². The molecule has 1 heterocycles. The minimum absolute atomic E-state index is 0.170. The number of Topliss-reactive ketones (excluding diaryl/α,β-unsaturated/α-hetero) is 1. The first-order valence-corrected chi connectivity index (χ1v) is 7.57. The fraction of sp³-hybridized carbons (Fsp3) is 0.211. The number of ketones is 1. The Hall–Kier alpha value is -2.66. The number of carbonyl (C=O) groups is 1. The van der Waals surface area contributed by atoms with Crippen LogP contribution < -0.4 is 9.47 Å². The lowest BCUT2D eigenvalue weighted by molar-refractivity contribution is 0.1000. The Morgan fingerprint density at radius 2 is 1.96 bits per heavy atom. The molecule has 0 radical (unpaired) electrons. The molecule has 1 aliphatic rings. The van der Waals surface area contributed by atoms with Crippen molar-refractivity contribution in [2.24, 2.45) is 0 Å². The number of ether oxygens (including phenoxy) is 3. The fourth-order valence-electron chi connectivity index (χ4n) is 2.41. The largest absolute Gasteiger partial charge is 0.491 e. The van der Waals surface area contributed by atoms with Crippen LogP contribution in [0.3, 0.4) is 0 Å². The van der Waals surface area contributed by atoms with Crippen molar-refractivity contribution in [2.75, 3.05) is 26.9 Å². The first-order valence-electron chi connectivity index (χ1n) is 7.57. The van der Waals surface area contributed by atoms with Crippen LogP contribution >= 0.6 is 0 Å². The molecular formula is C19H17FO4.